The first-order valence-electron chi connectivity index (χ1n) is 20.6. The third-order valence-corrected chi connectivity index (χ3v) is 12.4. The van der Waals surface area contributed by atoms with Gasteiger partial charge in [0.2, 0.25) is 33.5 Å². The van der Waals surface area contributed by atoms with Crippen LogP contribution >= 0.6 is 0 Å². The van der Waals surface area contributed by atoms with Crippen LogP contribution in [0.15, 0.2) is 65.6 Å². The average molecular weight is 838 g/mol. The first kappa shape index (κ1) is 46.7. The SMILES string of the molecule is CCC[C@H](NC(=O)C1C[C@@H](NS(=O)(=O)c2ccccc2)CN1C(=O)[C@@H](CC(=O)OCC(C)C)C1CCCCC1)C(=O)C(=O)NCC(=O)C[C@H](C(=O)NC)c1ccccc1. The summed E-state index contributed by atoms with van der Waals surface area (Å²) in [5.74, 6) is -6.51. The number of nitrogens with one attached hydrogen (secondary N) is 4. The van der Waals surface area contributed by atoms with Crippen LogP contribution in [0.5, 0.6) is 0 Å². The van der Waals surface area contributed by atoms with Crippen molar-refractivity contribution in [2.75, 3.05) is 26.7 Å². The fourth-order valence-electron chi connectivity index (χ4n) is 7.77. The van der Waals surface area contributed by atoms with Gasteiger partial charge in [0, 0.05) is 26.1 Å². The number of carbonyl (C=O) groups is 7. The number of benzene rings is 2. The van der Waals surface area contributed by atoms with Gasteiger partial charge >= 0.3 is 5.97 Å². The Morgan fingerprint density at radius 3 is 2.14 bits per heavy atom. The van der Waals surface area contributed by atoms with E-state index in [1.54, 1.807) is 55.5 Å². The van der Waals surface area contributed by atoms with Crippen LogP contribution in [0, 0.1) is 17.8 Å². The van der Waals surface area contributed by atoms with Crippen molar-refractivity contribution < 1.29 is 46.7 Å². The van der Waals surface area contributed by atoms with Gasteiger partial charge in [0.15, 0.2) is 5.78 Å². The van der Waals surface area contributed by atoms with Crippen molar-refractivity contribution in [1.82, 2.24) is 25.6 Å². The zero-order chi connectivity index (χ0) is 43.1. The maximum atomic E-state index is 14.6. The van der Waals surface area contributed by atoms with Gasteiger partial charge in [-0.15, -0.1) is 0 Å². The van der Waals surface area contributed by atoms with E-state index in [1.807, 2.05) is 13.8 Å². The van der Waals surface area contributed by atoms with Crippen LogP contribution in [0.2, 0.25) is 0 Å². The van der Waals surface area contributed by atoms with Gasteiger partial charge < -0.3 is 25.6 Å². The molecule has 4 amide bonds. The zero-order valence-electron chi connectivity index (χ0n) is 34.4. The Hall–Kier alpha value is -4.96. The van der Waals surface area contributed by atoms with Crippen LogP contribution in [-0.2, 0) is 48.3 Å². The molecular formula is C43H59N5O10S. The van der Waals surface area contributed by atoms with E-state index in [0.29, 0.717) is 24.8 Å². The minimum absolute atomic E-state index is 0.000995. The lowest BCUT2D eigenvalue weighted by molar-refractivity contribution is -0.152. The molecule has 322 valence electrons. The summed E-state index contributed by atoms with van der Waals surface area (Å²) in [4.78, 5) is 95.4. The monoisotopic (exact) mass is 837 g/mol. The number of likely N-dealkylation sites (N-methyl/N-ethyl adjacent to an activating group) is 1. The Labute approximate surface area is 347 Å². The molecule has 2 aromatic carbocycles. The fraction of sp³-hybridized carbons (Fsp3) is 0.558. The summed E-state index contributed by atoms with van der Waals surface area (Å²) in [6.45, 7) is 5.02. The number of sulfonamides is 1. The number of Topliss-reactive ketones (excluding diaryl/α,β-unsaturated/α-hetero) is 2. The highest BCUT2D eigenvalue weighted by molar-refractivity contribution is 7.89. The van der Waals surface area contributed by atoms with E-state index in [-0.39, 0.29) is 61.5 Å². The summed E-state index contributed by atoms with van der Waals surface area (Å²) in [6.07, 6.45) is 3.99. The van der Waals surface area contributed by atoms with Gasteiger partial charge in [-0.05, 0) is 55.2 Å². The molecule has 0 radical (unpaired) electrons. The van der Waals surface area contributed by atoms with Crippen LogP contribution in [0.1, 0.15) is 96.5 Å². The molecule has 0 aromatic heterocycles. The summed E-state index contributed by atoms with van der Waals surface area (Å²) < 4.78 is 34.9. The molecular weight excluding hydrogens is 779 g/mol. The summed E-state index contributed by atoms with van der Waals surface area (Å²) >= 11 is 0. The predicted molar refractivity (Wildman–Crippen MR) is 219 cm³/mol. The Bertz CT molecular complexity index is 1890. The minimum atomic E-state index is -4.07. The van der Waals surface area contributed by atoms with Gasteiger partial charge in [0.1, 0.15) is 6.04 Å². The van der Waals surface area contributed by atoms with E-state index in [9.17, 15) is 42.0 Å². The van der Waals surface area contributed by atoms with Gasteiger partial charge in [-0.1, -0.05) is 95.0 Å². The van der Waals surface area contributed by atoms with Crippen LogP contribution in [0.3, 0.4) is 0 Å². The average Bonchev–Trinajstić information content (AvgIpc) is 3.66. The number of likely N-dealkylation sites (tertiary alicyclic amines) is 1. The molecule has 1 saturated heterocycles. The maximum absolute atomic E-state index is 14.6. The second-order valence-corrected chi connectivity index (χ2v) is 17.6. The van der Waals surface area contributed by atoms with Crippen LogP contribution in [0.25, 0.3) is 0 Å². The number of carbonyl (C=O) groups excluding carboxylic acids is 7. The first-order chi connectivity index (χ1) is 28.1. The highest BCUT2D eigenvalue weighted by atomic mass is 32.2. The standard InChI is InChI=1S/C43H59N5O10S/c1-5-15-36(39(51)42(54)45-25-32(49)23-34(40(52)44-4)29-16-9-6-10-17-29)46-41(53)37-22-31(47-59(56,57)33-20-13-8-14-21-33)26-48(37)43(55)35(30-18-11-7-12-19-30)24-38(50)58-27-28(2)3/h6,8-10,13-14,16-17,20-21,28,30-31,34-37,47H,5,7,11-12,15,18-19,22-27H2,1-4H3,(H,44,52)(H,45,54)(H,46,53)/t31-,34+,35+,36+,37?/m1/s1. The number of hydrogen-bond donors (Lipinski definition) is 4. The molecule has 16 heteroatoms. The molecule has 0 spiro atoms. The highest BCUT2D eigenvalue weighted by Gasteiger charge is 2.46. The topological polar surface area (TPSA) is 214 Å². The molecule has 2 aromatic rings. The number of amides is 4. The van der Waals surface area contributed by atoms with Crippen LogP contribution in [0.4, 0.5) is 0 Å². The Morgan fingerprint density at radius 2 is 1.53 bits per heavy atom. The minimum Gasteiger partial charge on any atom is -0.465 e. The molecule has 4 N–H and O–H groups in total. The second-order valence-electron chi connectivity index (χ2n) is 15.9. The van der Waals surface area contributed by atoms with Gasteiger partial charge in [-0.2, -0.15) is 0 Å². The predicted octanol–water partition coefficient (Wildman–Crippen LogP) is 3.18. The van der Waals surface area contributed by atoms with Crippen molar-refractivity contribution >= 4 is 51.2 Å². The number of esters is 1. The Balaban J connectivity index is 1.53. The highest BCUT2D eigenvalue weighted by Crippen LogP contribution is 2.35. The number of rotatable bonds is 21. The maximum Gasteiger partial charge on any atom is 0.306 e. The molecule has 15 nitrogen and oxygen atoms in total. The molecule has 4 rings (SSSR count). The van der Waals surface area contributed by atoms with Crippen molar-refractivity contribution in [1.29, 1.82) is 0 Å². The van der Waals surface area contributed by atoms with Gasteiger partial charge in [0.25, 0.3) is 5.91 Å². The van der Waals surface area contributed by atoms with Gasteiger partial charge in [-0.3, -0.25) is 33.6 Å². The van der Waals surface area contributed by atoms with Crippen LogP contribution < -0.4 is 20.7 Å². The molecule has 5 atom stereocenters. The molecule has 59 heavy (non-hydrogen) atoms. The molecule has 1 aliphatic heterocycles. The van der Waals surface area contributed by atoms with E-state index in [2.05, 4.69) is 20.7 Å². The quantitative estimate of drug-likeness (QED) is 0.107. The number of nitrogens with zero attached hydrogens (tertiary/aromatic N) is 1. The van der Waals surface area contributed by atoms with E-state index in [1.165, 1.54) is 24.1 Å². The van der Waals surface area contributed by atoms with E-state index in [0.717, 1.165) is 19.3 Å². The molecule has 1 aliphatic carbocycles. The van der Waals surface area contributed by atoms with Crippen molar-refractivity contribution in [2.45, 2.75) is 114 Å². The Morgan fingerprint density at radius 1 is 0.881 bits per heavy atom. The largest absolute Gasteiger partial charge is 0.465 e. The van der Waals surface area contributed by atoms with Crippen LogP contribution in [-0.4, -0.2) is 99.4 Å². The third-order valence-electron chi connectivity index (χ3n) is 10.8. The molecule has 2 aliphatic rings. The van der Waals surface area contributed by atoms with Gasteiger partial charge in [-0.25, -0.2) is 13.1 Å². The van der Waals surface area contributed by atoms with Crippen molar-refractivity contribution in [3.8, 4) is 0 Å². The lowest BCUT2D eigenvalue weighted by atomic mass is 9.77. The molecule has 1 heterocycles. The number of hydrogen-bond acceptors (Lipinski definition) is 10. The van der Waals surface area contributed by atoms with Gasteiger partial charge in [0.05, 0.1) is 42.3 Å². The summed E-state index contributed by atoms with van der Waals surface area (Å²) in [7, 11) is -2.61. The van der Waals surface area contributed by atoms with Crippen molar-refractivity contribution in [2.24, 2.45) is 17.8 Å². The molecule has 2 fully saturated rings. The van der Waals surface area contributed by atoms with E-state index < -0.39 is 81.8 Å². The number of ketones is 2. The smallest absolute Gasteiger partial charge is 0.306 e. The fourth-order valence-corrected chi connectivity index (χ4v) is 9.04. The van der Waals surface area contributed by atoms with E-state index >= 15 is 0 Å². The molecule has 1 saturated carbocycles. The molecule has 0 bridgehead atoms. The summed E-state index contributed by atoms with van der Waals surface area (Å²) in [5, 5.41) is 7.52. The lowest BCUT2D eigenvalue weighted by Gasteiger charge is -2.34. The van der Waals surface area contributed by atoms with Crippen molar-refractivity contribution in [3.05, 3.63) is 66.2 Å². The van der Waals surface area contributed by atoms with Crippen molar-refractivity contribution in [3.63, 3.8) is 0 Å². The normalized spacial score (nSPS) is 18.6. The lowest BCUT2D eigenvalue weighted by Crippen LogP contribution is -2.54. The second kappa shape index (κ2) is 22.4. The molecule has 1 unspecified atom stereocenters. The number of ether oxygens (including phenoxy) is 1. The third kappa shape index (κ3) is 13.5. The summed E-state index contributed by atoms with van der Waals surface area (Å²) in [5.41, 5.74) is 0.610. The first-order valence-corrected chi connectivity index (χ1v) is 22.1. The van der Waals surface area contributed by atoms with E-state index in [4.69, 9.17) is 4.74 Å². The zero-order valence-corrected chi connectivity index (χ0v) is 35.3. The summed E-state index contributed by atoms with van der Waals surface area (Å²) in [6, 6.07) is 12.9. The Kier molecular flexibility index (Phi) is 17.8.